The molecule has 1 aliphatic rings. The number of carbonyl (C=O) groups is 1. The molecule has 74 valence electrons. The van der Waals surface area contributed by atoms with Gasteiger partial charge in [-0.05, 0) is 18.2 Å². The Morgan fingerprint density at radius 3 is 3.14 bits per heavy atom. The van der Waals surface area contributed by atoms with Gasteiger partial charge in [0.15, 0.2) is 0 Å². The summed E-state index contributed by atoms with van der Waals surface area (Å²) in [6, 6.07) is 5.01. The number of benzene rings is 1. The molecule has 0 amide bonds. The molecule has 14 heavy (non-hydrogen) atoms. The Kier molecular flexibility index (Phi) is 2.21. The number of ether oxygens (including phenoxy) is 1. The lowest BCUT2D eigenvalue weighted by Crippen LogP contribution is -2.37. The summed E-state index contributed by atoms with van der Waals surface area (Å²) in [7, 11) is 0. The van der Waals surface area contributed by atoms with Gasteiger partial charge in [-0.1, -0.05) is 11.6 Å². The number of halogens is 1. The molecule has 0 radical (unpaired) electrons. The number of hydrogen-bond donors (Lipinski definition) is 2. The molecular formula is C9H8ClNO3. The molecule has 0 fully saturated rings. The van der Waals surface area contributed by atoms with Crippen molar-refractivity contribution in [2.24, 2.45) is 0 Å². The first-order valence-electron chi connectivity index (χ1n) is 4.10. The second-order valence-corrected chi connectivity index (χ2v) is 3.40. The van der Waals surface area contributed by atoms with Gasteiger partial charge in [-0.2, -0.15) is 0 Å². The molecule has 5 heteroatoms. The Bertz CT molecular complexity index is 380. The quantitative estimate of drug-likeness (QED) is 0.744. The van der Waals surface area contributed by atoms with Crippen LogP contribution in [0.2, 0.25) is 5.02 Å². The van der Waals surface area contributed by atoms with E-state index in [4.69, 9.17) is 21.4 Å². The monoisotopic (exact) mass is 213 g/mol. The maximum Gasteiger partial charge on any atom is 0.346 e. The molecule has 1 heterocycles. The van der Waals surface area contributed by atoms with Gasteiger partial charge in [-0.3, -0.25) is 0 Å². The van der Waals surface area contributed by atoms with Crippen LogP contribution in [-0.4, -0.2) is 23.7 Å². The van der Waals surface area contributed by atoms with Crippen LogP contribution in [0.3, 0.4) is 0 Å². The third-order valence-corrected chi connectivity index (χ3v) is 2.20. The van der Waals surface area contributed by atoms with Crippen molar-refractivity contribution < 1.29 is 14.6 Å². The Morgan fingerprint density at radius 2 is 2.43 bits per heavy atom. The van der Waals surface area contributed by atoms with Crippen molar-refractivity contribution in [1.82, 2.24) is 0 Å². The van der Waals surface area contributed by atoms with Gasteiger partial charge in [0, 0.05) is 5.02 Å². The lowest BCUT2D eigenvalue weighted by molar-refractivity contribution is -0.144. The Balaban J connectivity index is 2.27. The van der Waals surface area contributed by atoms with Crippen LogP contribution in [0.15, 0.2) is 18.2 Å². The summed E-state index contributed by atoms with van der Waals surface area (Å²) in [5.41, 5.74) is 0.731. The maximum atomic E-state index is 10.6. The van der Waals surface area contributed by atoms with E-state index in [1.165, 1.54) is 0 Å². The molecule has 2 N–H and O–H groups in total. The van der Waals surface area contributed by atoms with Crippen LogP contribution in [0.25, 0.3) is 0 Å². The van der Waals surface area contributed by atoms with Crippen molar-refractivity contribution >= 4 is 23.3 Å². The van der Waals surface area contributed by atoms with Crippen LogP contribution >= 0.6 is 11.6 Å². The fourth-order valence-electron chi connectivity index (χ4n) is 1.28. The first kappa shape index (κ1) is 9.15. The van der Waals surface area contributed by atoms with Crippen LogP contribution in [0.5, 0.6) is 5.75 Å². The van der Waals surface area contributed by atoms with E-state index in [0.29, 0.717) is 10.8 Å². The zero-order valence-electron chi connectivity index (χ0n) is 7.16. The highest BCUT2D eigenvalue weighted by Crippen LogP contribution is 2.31. The van der Waals surface area contributed by atoms with Crippen molar-refractivity contribution in [2.75, 3.05) is 11.9 Å². The molecule has 0 saturated heterocycles. The SMILES string of the molecule is O=C(O)[C@H]1CNc2cc(Cl)ccc2O1. The number of rotatable bonds is 1. The Morgan fingerprint density at radius 1 is 1.64 bits per heavy atom. The number of carboxylic acid groups (broad SMARTS) is 1. The molecule has 0 aromatic heterocycles. The Hall–Kier alpha value is -1.42. The number of anilines is 1. The zero-order chi connectivity index (χ0) is 10.1. The Labute approximate surface area is 85.4 Å². The molecule has 0 unspecified atom stereocenters. The van der Waals surface area contributed by atoms with Crippen molar-refractivity contribution in [3.63, 3.8) is 0 Å². The minimum Gasteiger partial charge on any atom is -0.478 e. The summed E-state index contributed by atoms with van der Waals surface area (Å²) in [5, 5.41) is 12.3. The summed E-state index contributed by atoms with van der Waals surface area (Å²) >= 11 is 5.76. The molecule has 1 aromatic rings. The molecule has 4 nitrogen and oxygen atoms in total. The molecule has 0 bridgehead atoms. The van der Waals surface area contributed by atoms with Crippen LogP contribution in [0.4, 0.5) is 5.69 Å². The predicted octanol–water partition coefficient (Wildman–Crippen LogP) is 1.60. The number of carboxylic acids is 1. The van der Waals surface area contributed by atoms with Gasteiger partial charge in [-0.25, -0.2) is 4.79 Å². The molecule has 0 saturated carbocycles. The topological polar surface area (TPSA) is 58.6 Å². The van der Waals surface area contributed by atoms with E-state index < -0.39 is 12.1 Å². The lowest BCUT2D eigenvalue weighted by atomic mass is 10.2. The van der Waals surface area contributed by atoms with Crippen LogP contribution in [0, 0.1) is 0 Å². The van der Waals surface area contributed by atoms with Gasteiger partial charge in [-0.15, -0.1) is 0 Å². The van der Waals surface area contributed by atoms with Gasteiger partial charge in [0.25, 0.3) is 0 Å². The summed E-state index contributed by atoms with van der Waals surface area (Å²) in [5.74, 6) is -0.453. The molecule has 0 spiro atoms. The molecular weight excluding hydrogens is 206 g/mol. The van der Waals surface area contributed by atoms with E-state index in [0.717, 1.165) is 5.69 Å². The van der Waals surface area contributed by atoms with E-state index in [1.54, 1.807) is 18.2 Å². The smallest absolute Gasteiger partial charge is 0.346 e. The number of aliphatic carboxylic acids is 1. The fraction of sp³-hybridized carbons (Fsp3) is 0.222. The highest BCUT2D eigenvalue weighted by atomic mass is 35.5. The maximum absolute atomic E-state index is 10.6. The standard InChI is InChI=1S/C9H8ClNO3/c10-5-1-2-7-6(3-5)11-4-8(14-7)9(12)13/h1-3,8,11H,4H2,(H,12,13)/t8-/m1/s1. The van der Waals surface area contributed by atoms with Crippen molar-refractivity contribution in [2.45, 2.75) is 6.10 Å². The van der Waals surface area contributed by atoms with Gasteiger partial charge in [0.2, 0.25) is 6.10 Å². The second-order valence-electron chi connectivity index (χ2n) is 2.97. The van der Waals surface area contributed by atoms with Crippen LogP contribution < -0.4 is 10.1 Å². The lowest BCUT2D eigenvalue weighted by Gasteiger charge is -2.24. The van der Waals surface area contributed by atoms with Gasteiger partial charge >= 0.3 is 5.97 Å². The molecule has 1 aliphatic heterocycles. The summed E-state index contributed by atoms with van der Waals surface area (Å²) in [4.78, 5) is 10.6. The second kappa shape index (κ2) is 3.38. The van der Waals surface area contributed by atoms with Crippen molar-refractivity contribution in [3.8, 4) is 5.75 Å². The van der Waals surface area contributed by atoms with E-state index in [1.807, 2.05) is 0 Å². The first-order valence-corrected chi connectivity index (χ1v) is 4.47. The number of nitrogens with one attached hydrogen (secondary N) is 1. The third-order valence-electron chi connectivity index (χ3n) is 1.96. The van der Waals surface area contributed by atoms with Crippen LogP contribution in [0.1, 0.15) is 0 Å². The predicted molar refractivity (Wildman–Crippen MR) is 52.0 cm³/mol. The number of hydrogen-bond acceptors (Lipinski definition) is 3. The van der Waals surface area contributed by atoms with Crippen LogP contribution in [-0.2, 0) is 4.79 Å². The van der Waals surface area contributed by atoms with E-state index in [2.05, 4.69) is 5.32 Å². The minimum atomic E-state index is -0.974. The average Bonchev–Trinajstić information content (AvgIpc) is 2.16. The van der Waals surface area contributed by atoms with E-state index in [9.17, 15) is 4.79 Å². The average molecular weight is 214 g/mol. The van der Waals surface area contributed by atoms with Gasteiger partial charge in [0.1, 0.15) is 5.75 Å². The highest BCUT2D eigenvalue weighted by molar-refractivity contribution is 6.30. The summed E-state index contributed by atoms with van der Waals surface area (Å²) in [6.45, 7) is 0.253. The zero-order valence-corrected chi connectivity index (χ0v) is 7.91. The first-order chi connectivity index (χ1) is 6.66. The van der Waals surface area contributed by atoms with E-state index >= 15 is 0 Å². The molecule has 2 rings (SSSR count). The van der Waals surface area contributed by atoms with Crippen molar-refractivity contribution in [3.05, 3.63) is 23.2 Å². The highest BCUT2D eigenvalue weighted by Gasteiger charge is 2.25. The largest absolute Gasteiger partial charge is 0.478 e. The number of fused-ring (bicyclic) bond motifs is 1. The normalized spacial score (nSPS) is 19.1. The molecule has 1 aromatic carbocycles. The summed E-state index contributed by atoms with van der Waals surface area (Å²) in [6.07, 6.45) is -0.830. The van der Waals surface area contributed by atoms with Gasteiger partial charge in [0.05, 0.1) is 12.2 Å². The third kappa shape index (κ3) is 1.61. The molecule has 1 atom stereocenters. The van der Waals surface area contributed by atoms with E-state index in [-0.39, 0.29) is 6.54 Å². The minimum absolute atomic E-state index is 0.253. The van der Waals surface area contributed by atoms with Crippen molar-refractivity contribution in [1.29, 1.82) is 0 Å². The molecule has 0 aliphatic carbocycles. The van der Waals surface area contributed by atoms with Gasteiger partial charge < -0.3 is 15.2 Å². The fourth-order valence-corrected chi connectivity index (χ4v) is 1.45. The summed E-state index contributed by atoms with van der Waals surface area (Å²) < 4.78 is 5.23.